The van der Waals surface area contributed by atoms with Gasteiger partial charge in [0, 0.05) is 32.2 Å². The highest BCUT2D eigenvalue weighted by molar-refractivity contribution is 5.80. The van der Waals surface area contributed by atoms with Gasteiger partial charge >= 0.3 is 0 Å². The van der Waals surface area contributed by atoms with Crippen LogP contribution in [0.5, 0.6) is 0 Å². The predicted octanol–water partition coefficient (Wildman–Crippen LogP) is 3.21. The quantitative estimate of drug-likeness (QED) is 0.499. The molecule has 3 rings (SSSR count). The minimum absolute atomic E-state index is 0.0506. The van der Waals surface area contributed by atoms with Gasteiger partial charge in [-0.1, -0.05) is 48.5 Å². The molecule has 0 radical (unpaired) electrons. The molecule has 1 fully saturated rings. The molecule has 0 aromatic heterocycles. The number of hydrogen-bond donors (Lipinski definition) is 3. The van der Waals surface area contributed by atoms with E-state index >= 15 is 0 Å². The van der Waals surface area contributed by atoms with Gasteiger partial charge < -0.3 is 15.7 Å². The molecular weight excluding hydrogens is 360 g/mol. The van der Waals surface area contributed by atoms with E-state index in [4.69, 9.17) is 4.99 Å². The third-order valence-corrected chi connectivity index (χ3v) is 5.62. The van der Waals surface area contributed by atoms with Crippen LogP contribution in [0.3, 0.4) is 0 Å². The third-order valence-electron chi connectivity index (χ3n) is 5.62. The van der Waals surface area contributed by atoms with Crippen LogP contribution in [0.1, 0.15) is 42.0 Å². The molecule has 29 heavy (non-hydrogen) atoms. The zero-order valence-electron chi connectivity index (χ0n) is 17.7. The first kappa shape index (κ1) is 21.3. The number of hydrogen-bond acceptors (Lipinski definition) is 3. The van der Waals surface area contributed by atoms with Gasteiger partial charge in [0.1, 0.15) is 0 Å². The largest absolute Gasteiger partial charge is 0.392 e. The summed E-state index contributed by atoms with van der Waals surface area (Å²) in [6.45, 7) is 8.96. The van der Waals surface area contributed by atoms with Crippen molar-refractivity contribution in [1.29, 1.82) is 0 Å². The molecule has 5 heteroatoms. The standard InChI is InChI=1S/C24H34N4O/c1-3-25-24(26-16-20-9-6-7-11-22(20)18-29)27-23-12-14-28(15-13-23)17-21-10-5-4-8-19(21)2/h4-11,23,29H,3,12-18H2,1-2H3,(H2,25,26,27). The fourth-order valence-corrected chi connectivity index (χ4v) is 3.81. The summed E-state index contributed by atoms with van der Waals surface area (Å²) in [7, 11) is 0. The molecule has 0 aliphatic carbocycles. The minimum atomic E-state index is 0.0506. The van der Waals surface area contributed by atoms with Crippen molar-refractivity contribution in [3.05, 3.63) is 70.8 Å². The summed E-state index contributed by atoms with van der Waals surface area (Å²) in [6.07, 6.45) is 2.23. The summed E-state index contributed by atoms with van der Waals surface area (Å²) in [6, 6.07) is 17.0. The zero-order valence-corrected chi connectivity index (χ0v) is 17.7. The Labute approximate surface area is 174 Å². The summed E-state index contributed by atoms with van der Waals surface area (Å²) in [4.78, 5) is 7.30. The number of nitrogens with zero attached hydrogens (tertiary/aromatic N) is 2. The lowest BCUT2D eigenvalue weighted by atomic mass is 10.0. The van der Waals surface area contributed by atoms with Crippen LogP contribution in [0.15, 0.2) is 53.5 Å². The number of benzene rings is 2. The summed E-state index contributed by atoms with van der Waals surface area (Å²) >= 11 is 0. The highest BCUT2D eigenvalue weighted by Gasteiger charge is 2.20. The van der Waals surface area contributed by atoms with Gasteiger partial charge in [-0.15, -0.1) is 0 Å². The van der Waals surface area contributed by atoms with E-state index in [-0.39, 0.29) is 6.61 Å². The van der Waals surface area contributed by atoms with E-state index in [9.17, 15) is 5.11 Å². The Bertz CT molecular complexity index is 797. The fourth-order valence-electron chi connectivity index (χ4n) is 3.81. The molecule has 1 saturated heterocycles. The van der Waals surface area contributed by atoms with Crippen LogP contribution in [0.2, 0.25) is 0 Å². The Morgan fingerprint density at radius 3 is 2.34 bits per heavy atom. The SMILES string of the molecule is CCNC(=NCc1ccccc1CO)NC1CCN(Cc2ccccc2C)CC1. The zero-order chi connectivity index (χ0) is 20.5. The van der Waals surface area contributed by atoms with E-state index in [1.165, 1.54) is 11.1 Å². The summed E-state index contributed by atoms with van der Waals surface area (Å²) in [5.41, 5.74) is 4.81. The first-order valence-corrected chi connectivity index (χ1v) is 10.7. The predicted molar refractivity (Wildman–Crippen MR) is 120 cm³/mol. The highest BCUT2D eigenvalue weighted by atomic mass is 16.3. The molecule has 2 aromatic rings. The van der Waals surface area contributed by atoms with Crippen molar-refractivity contribution in [1.82, 2.24) is 15.5 Å². The van der Waals surface area contributed by atoms with Gasteiger partial charge in [0.05, 0.1) is 13.2 Å². The molecule has 0 atom stereocenters. The fraction of sp³-hybridized carbons (Fsp3) is 0.458. The highest BCUT2D eigenvalue weighted by Crippen LogP contribution is 2.16. The molecule has 1 aliphatic heterocycles. The van der Waals surface area contributed by atoms with Crippen molar-refractivity contribution < 1.29 is 5.11 Å². The van der Waals surface area contributed by atoms with Crippen LogP contribution in [0, 0.1) is 6.92 Å². The lowest BCUT2D eigenvalue weighted by Crippen LogP contribution is -2.48. The van der Waals surface area contributed by atoms with Gasteiger partial charge in [0.2, 0.25) is 0 Å². The molecule has 0 unspecified atom stereocenters. The van der Waals surface area contributed by atoms with Crippen LogP contribution < -0.4 is 10.6 Å². The third kappa shape index (κ3) is 6.31. The summed E-state index contributed by atoms with van der Waals surface area (Å²) in [5.74, 6) is 0.859. The van der Waals surface area contributed by atoms with Gasteiger partial charge in [0.15, 0.2) is 5.96 Å². The van der Waals surface area contributed by atoms with Crippen molar-refractivity contribution in [3.63, 3.8) is 0 Å². The van der Waals surface area contributed by atoms with Crippen molar-refractivity contribution in [3.8, 4) is 0 Å². The molecule has 0 saturated carbocycles. The number of aliphatic hydroxyl groups excluding tert-OH is 1. The van der Waals surface area contributed by atoms with Gasteiger partial charge in [0.25, 0.3) is 0 Å². The molecule has 0 amide bonds. The first-order valence-electron chi connectivity index (χ1n) is 10.7. The van der Waals surface area contributed by atoms with E-state index in [1.54, 1.807) is 0 Å². The second kappa shape index (κ2) is 11.0. The molecule has 5 nitrogen and oxygen atoms in total. The number of aliphatic hydroxyl groups is 1. The average molecular weight is 395 g/mol. The topological polar surface area (TPSA) is 59.9 Å². The molecule has 0 bridgehead atoms. The van der Waals surface area contributed by atoms with Crippen LogP contribution in [0.25, 0.3) is 0 Å². The Kier molecular flexibility index (Phi) is 8.08. The lowest BCUT2D eigenvalue weighted by Gasteiger charge is -2.33. The van der Waals surface area contributed by atoms with Crippen molar-refractivity contribution in [2.24, 2.45) is 4.99 Å². The Morgan fingerprint density at radius 2 is 1.69 bits per heavy atom. The number of aliphatic imine (C=N–C) groups is 1. The lowest BCUT2D eigenvalue weighted by molar-refractivity contribution is 0.198. The van der Waals surface area contributed by atoms with E-state index in [1.807, 2.05) is 24.3 Å². The van der Waals surface area contributed by atoms with E-state index in [2.05, 4.69) is 53.6 Å². The molecule has 1 heterocycles. The maximum atomic E-state index is 9.51. The van der Waals surface area contributed by atoms with Gasteiger partial charge in [-0.25, -0.2) is 4.99 Å². The number of rotatable bonds is 7. The maximum absolute atomic E-state index is 9.51. The van der Waals surface area contributed by atoms with Crippen molar-refractivity contribution in [2.45, 2.75) is 52.4 Å². The van der Waals surface area contributed by atoms with Gasteiger partial charge in [-0.2, -0.15) is 0 Å². The minimum Gasteiger partial charge on any atom is -0.392 e. The molecule has 156 valence electrons. The Hall–Kier alpha value is -2.37. The monoisotopic (exact) mass is 394 g/mol. The summed E-state index contributed by atoms with van der Waals surface area (Å²) < 4.78 is 0. The van der Waals surface area contributed by atoms with Crippen LogP contribution in [-0.4, -0.2) is 41.6 Å². The van der Waals surface area contributed by atoms with E-state index in [0.717, 1.165) is 56.1 Å². The van der Waals surface area contributed by atoms with Crippen LogP contribution in [-0.2, 0) is 19.7 Å². The van der Waals surface area contributed by atoms with E-state index < -0.39 is 0 Å². The number of aryl methyl sites for hydroxylation is 1. The average Bonchev–Trinajstić information content (AvgIpc) is 2.75. The van der Waals surface area contributed by atoms with Crippen LogP contribution in [0.4, 0.5) is 0 Å². The smallest absolute Gasteiger partial charge is 0.191 e. The molecular formula is C24H34N4O. The van der Waals surface area contributed by atoms with Crippen LogP contribution >= 0.6 is 0 Å². The Morgan fingerprint density at radius 1 is 1.03 bits per heavy atom. The van der Waals surface area contributed by atoms with Gasteiger partial charge in [-0.3, -0.25) is 4.90 Å². The number of guanidine groups is 1. The normalized spacial score (nSPS) is 16.0. The van der Waals surface area contributed by atoms with Crippen molar-refractivity contribution >= 4 is 5.96 Å². The molecule has 3 N–H and O–H groups in total. The first-order chi connectivity index (χ1) is 14.2. The molecule has 1 aliphatic rings. The molecule has 2 aromatic carbocycles. The number of piperidine rings is 1. The maximum Gasteiger partial charge on any atom is 0.191 e. The number of likely N-dealkylation sites (tertiary alicyclic amines) is 1. The van der Waals surface area contributed by atoms with E-state index in [0.29, 0.717) is 12.6 Å². The van der Waals surface area contributed by atoms with Crippen molar-refractivity contribution in [2.75, 3.05) is 19.6 Å². The Balaban J connectivity index is 1.53. The number of nitrogens with one attached hydrogen (secondary N) is 2. The van der Waals surface area contributed by atoms with Gasteiger partial charge in [-0.05, 0) is 48.9 Å². The molecule has 0 spiro atoms. The second-order valence-corrected chi connectivity index (χ2v) is 7.74. The summed E-state index contributed by atoms with van der Waals surface area (Å²) in [5, 5.41) is 16.5. The second-order valence-electron chi connectivity index (χ2n) is 7.74.